The molecule has 1 N–H and O–H groups in total. The van der Waals surface area contributed by atoms with Gasteiger partial charge in [-0.3, -0.25) is 4.98 Å². The Morgan fingerprint density at radius 3 is 2.75 bits per heavy atom. The van der Waals surface area contributed by atoms with Crippen LogP contribution in [-0.4, -0.2) is 12.0 Å². The Bertz CT molecular complexity index is 509. The molecule has 0 amide bonds. The van der Waals surface area contributed by atoms with Gasteiger partial charge in [-0.15, -0.1) is 0 Å². The minimum atomic E-state index is -0.184. The lowest BCUT2D eigenvalue weighted by Crippen LogP contribution is -1.95. The van der Waals surface area contributed by atoms with E-state index in [1.165, 1.54) is 6.07 Å². The molecule has 1 aromatic carbocycles. The van der Waals surface area contributed by atoms with Gasteiger partial charge in [0.05, 0.1) is 11.9 Å². The summed E-state index contributed by atoms with van der Waals surface area (Å²) in [6, 6.07) is 6.98. The summed E-state index contributed by atoms with van der Waals surface area (Å²) in [7, 11) is 1.83. The van der Waals surface area contributed by atoms with Crippen LogP contribution in [-0.2, 0) is 0 Å². The van der Waals surface area contributed by atoms with E-state index in [1.54, 1.807) is 25.4 Å². The van der Waals surface area contributed by atoms with E-state index < -0.39 is 0 Å². The highest BCUT2D eigenvalue weighted by Gasteiger charge is 2.08. The Morgan fingerprint density at radius 1 is 1.19 bits per heavy atom. The first kappa shape index (κ1) is 10.6. The first-order chi connectivity index (χ1) is 7.74. The molecule has 3 heteroatoms. The summed E-state index contributed by atoms with van der Waals surface area (Å²) in [6.45, 7) is 1.78. The van der Waals surface area contributed by atoms with Crippen molar-refractivity contribution in [3.05, 3.63) is 48.0 Å². The minimum Gasteiger partial charge on any atom is -0.386 e. The summed E-state index contributed by atoms with van der Waals surface area (Å²) in [6.07, 6.45) is 3.44. The van der Waals surface area contributed by atoms with Crippen LogP contribution in [0.4, 0.5) is 10.1 Å². The van der Waals surface area contributed by atoms with Gasteiger partial charge in [-0.1, -0.05) is 12.1 Å². The van der Waals surface area contributed by atoms with Crippen LogP contribution in [0.25, 0.3) is 11.1 Å². The third-order valence-electron chi connectivity index (χ3n) is 2.65. The quantitative estimate of drug-likeness (QED) is 0.833. The number of rotatable bonds is 2. The standard InChI is InChI=1S/C13H13FN2/c1-9-10(4-3-5-12(9)14)11-6-7-16-8-13(11)15-2/h3-8,15H,1-2H3. The summed E-state index contributed by atoms with van der Waals surface area (Å²) in [4.78, 5) is 4.04. The van der Waals surface area contributed by atoms with Crippen LogP contribution in [0.5, 0.6) is 0 Å². The Balaban J connectivity index is 2.63. The number of nitrogens with zero attached hydrogens (tertiary/aromatic N) is 1. The molecular weight excluding hydrogens is 203 g/mol. The van der Waals surface area contributed by atoms with Crippen LogP contribution in [0.3, 0.4) is 0 Å². The van der Waals surface area contributed by atoms with E-state index in [2.05, 4.69) is 10.3 Å². The van der Waals surface area contributed by atoms with Crippen molar-refractivity contribution >= 4 is 5.69 Å². The highest BCUT2D eigenvalue weighted by molar-refractivity contribution is 5.78. The molecule has 0 fully saturated rings. The van der Waals surface area contributed by atoms with Crippen molar-refractivity contribution < 1.29 is 4.39 Å². The normalized spacial score (nSPS) is 10.2. The molecule has 0 spiro atoms. The van der Waals surface area contributed by atoms with E-state index >= 15 is 0 Å². The second-order valence-electron chi connectivity index (χ2n) is 3.58. The molecule has 1 aromatic heterocycles. The van der Waals surface area contributed by atoms with Crippen LogP contribution in [0.15, 0.2) is 36.7 Å². The molecule has 0 aliphatic heterocycles. The molecule has 0 bridgehead atoms. The third-order valence-corrected chi connectivity index (χ3v) is 2.65. The Kier molecular flexibility index (Phi) is 2.86. The molecule has 0 saturated heterocycles. The maximum absolute atomic E-state index is 13.5. The predicted octanol–water partition coefficient (Wildman–Crippen LogP) is 3.24. The summed E-state index contributed by atoms with van der Waals surface area (Å²) in [5.41, 5.74) is 3.42. The first-order valence-corrected chi connectivity index (χ1v) is 5.11. The van der Waals surface area contributed by atoms with Crippen LogP contribution in [0, 0.1) is 12.7 Å². The predicted molar refractivity (Wildman–Crippen MR) is 63.9 cm³/mol. The fourth-order valence-electron chi connectivity index (χ4n) is 1.73. The maximum atomic E-state index is 13.5. The smallest absolute Gasteiger partial charge is 0.126 e. The number of anilines is 1. The van der Waals surface area contributed by atoms with Crippen LogP contribution >= 0.6 is 0 Å². The van der Waals surface area contributed by atoms with Gasteiger partial charge in [0.25, 0.3) is 0 Å². The lowest BCUT2D eigenvalue weighted by molar-refractivity contribution is 0.619. The fourth-order valence-corrected chi connectivity index (χ4v) is 1.73. The summed E-state index contributed by atoms with van der Waals surface area (Å²) in [5, 5.41) is 3.06. The van der Waals surface area contributed by atoms with Gasteiger partial charge in [-0.25, -0.2) is 4.39 Å². The zero-order chi connectivity index (χ0) is 11.5. The van der Waals surface area contributed by atoms with Crippen molar-refractivity contribution in [3.8, 4) is 11.1 Å². The van der Waals surface area contributed by atoms with Crippen molar-refractivity contribution in [1.82, 2.24) is 4.98 Å². The Morgan fingerprint density at radius 2 is 2.00 bits per heavy atom. The average Bonchev–Trinajstić information content (AvgIpc) is 2.33. The molecule has 2 rings (SSSR count). The van der Waals surface area contributed by atoms with Gasteiger partial charge >= 0.3 is 0 Å². The zero-order valence-electron chi connectivity index (χ0n) is 9.29. The van der Waals surface area contributed by atoms with Crippen molar-refractivity contribution in [2.24, 2.45) is 0 Å². The fraction of sp³-hybridized carbons (Fsp3) is 0.154. The zero-order valence-corrected chi connectivity index (χ0v) is 9.29. The Hall–Kier alpha value is -1.90. The minimum absolute atomic E-state index is 0.184. The topological polar surface area (TPSA) is 24.9 Å². The molecule has 2 aromatic rings. The lowest BCUT2D eigenvalue weighted by Gasteiger charge is -2.11. The van der Waals surface area contributed by atoms with Crippen LogP contribution in [0.1, 0.15) is 5.56 Å². The molecule has 0 aliphatic carbocycles. The van der Waals surface area contributed by atoms with Gasteiger partial charge in [0, 0.05) is 18.8 Å². The first-order valence-electron chi connectivity index (χ1n) is 5.11. The average molecular weight is 216 g/mol. The summed E-state index contributed by atoms with van der Waals surface area (Å²) >= 11 is 0. The molecule has 0 atom stereocenters. The monoisotopic (exact) mass is 216 g/mol. The van der Waals surface area contributed by atoms with E-state index in [4.69, 9.17) is 0 Å². The largest absolute Gasteiger partial charge is 0.386 e. The van der Waals surface area contributed by atoms with Crippen molar-refractivity contribution in [2.45, 2.75) is 6.92 Å². The third kappa shape index (κ3) is 1.76. The number of nitrogens with one attached hydrogen (secondary N) is 1. The number of pyridine rings is 1. The summed E-state index contributed by atoms with van der Waals surface area (Å²) < 4.78 is 13.5. The van der Waals surface area contributed by atoms with Gasteiger partial charge in [0.15, 0.2) is 0 Å². The van der Waals surface area contributed by atoms with Gasteiger partial charge in [0.2, 0.25) is 0 Å². The lowest BCUT2D eigenvalue weighted by atomic mass is 10.00. The van der Waals surface area contributed by atoms with E-state index in [-0.39, 0.29) is 5.82 Å². The molecule has 82 valence electrons. The highest BCUT2D eigenvalue weighted by Crippen LogP contribution is 2.30. The number of hydrogen-bond donors (Lipinski definition) is 1. The van der Waals surface area contributed by atoms with Crippen LogP contribution in [0.2, 0.25) is 0 Å². The number of hydrogen-bond acceptors (Lipinski definition) is 2. The SMILES string of the molecule is CNc1cnccc1-c1cccc(F)c1C. The maximum Gasteiger partial charge on any atom is 0.126 e. The van der Waals surface area contributed by atoms with Gasteiger partial charge < -0.3 is 5.32 Å². The molecular formula is C13H13FN2. The Labute approximate surface area is 94.2 Å². The highest BCUT2D eigenvalue weighted by atomic mass is 19.1. The second-order valence-corrected chi connectivity index (χ2v) is 3.58. The molecule has 16 heavy (non-hydrogen) atoms. The number of halogens is 1. The molecule has 0 unspecified atom stereocenters. The second kappa shape index (κ2) is 4.31. The van der Waals surface area contributed by atoms with Crippen molar-refractivity contribution in [1.29, 1.82) is 0 Å². The summed E-state index contributed by atoms with van der Waals surface area (Å²) in [5.74, 6) is -0.184. The number of benzene rings is 1. The van der Waals surface area contributed by atoms with Crippen molar-refractivity contribution in [2.75, 3.05) is 12.4 Å². The number of aromatic nitrogens is 1. The van der Waals surface area contributed by atoms with Gasteiger partial charge in [-0.2, -0.15) is 0 Å². The van der Waals surface area contributed by atoms with E-state index in [9.17, 15) is 4.39 Å². The molecule has 0 aliphatic rings. The van der Waals surface area contributed by atoms with E-state index in [0.29, 0.717) is 5.56 Å². The van der Waals surface area contributed by atoms with Crippen molar-refractivity contribution in [3.63, 3.8) is 0 Å². The molecule has 0 radical (unpaired) electrons. The van der Waals surface area contributed by atoms with E-state index in [1.807, 2.05) is 19.2 Å². The van der Waals surface area contributed by atoms with Gasteiger partial charge in [0.1, 0.15) is 5.82 Å². The molecule has 2 nitrogen and oxygen atoms in total. The molecule has 1 heterocycles. The van der Waals surface area contributed by atoms with E-state index in [0.717, 1.165) is 16.8 Å². The van der Waals surface area contributed by atoms with Gasteiger partial charge in [-0.05, 0) is 30.2 Å². The van der Waals surface area contributed by atoms with Crippen LogP contribution < -0.4 is 5.32 Å². The molecule has 0 saturated carbocycles.